The first kappa shape index (κ1) is 23.0. The number of Topliss-reactive ketones (excluding diaryl/α,β-unsaturated/α-hetero) is 1. The summed E-state index contributed by atoms with van der Waals surface area (Å²) in [5.41, 5.74) is 0.559. The highest BCUT2D eigenvalue weighted by molar-refractivity contribution is 6.30. The van der Waals surface area contributed by atoms with Crippen molar-refractivity contribution in [3.05, 3.63) is 52.5 Å². The van der Waals surface area contributed by atoms with Crippen molar-refractivity contribution in [1.29, 1.82) is 0 Å². The lowest BCUT2D eigenvalue weighted by Crippen LogP contribution is -2.34. The number of amides is 1. The molecular weight excluding hydrogens is 414 g/mol. The highest BCUT2D eigenvalue weighted by Crippen LogP contribution is 2.38. The van der Waals surface area contributed by atoms with Crippen LogP contribution in [-0.2, 0) is 9.53 Å². The summed E-state index contributed by atoms with van der Waals surface area (Å²) in [5.74, 6) is -0.756. The predicted octanol–water partition coefficient (Wildman–Crippen LogP) is 2.91. The lowest BCUT2D eigenvalue weighted by Gasteiger charge is -2.15. The van der Waals surface area contributed by atoms with Gasteiger partial charge in [0.15, 0.2) is 17.6 Å². The zero-order valence-corrected chi connectivity index (χ0v) is 17.7. The number of carbonyl (C=O) groups excluding carboxylic acids is 3. The van der Waals surface area contributed by atoms with Crippen molar-refractivity contribution in [3.8, 4) is 17.2 Å². The van der Waals surface area contributed by atoms with Crippen LogP contribution in [0.4, 0.5) is 0 Å². The Labute approximate surface area is 179 Å². The fraction of sp³-hybridized carbons (Fsp3) is 0.286. The summed E-state index contributed by atoms with van der Waals surface area (Å²) in [6.07, 6.45) is -1.02. The topological polar surface area (TPSA) is 100 Å². The number of carbonyl (C=O) groups is 3. The molecule has 2 rings (SSSR count). The Kier molecular flexibility index (Phi) is 8.06. The van der Waals surface area contributed by atoms with Gasteiger partial charge in [0.1, 0.15) is 6.54 Å². The Balaban J connectivity index is 1.98. The molecule has 0 radical (unpaired) electrons. The standard InChI is InChI=1S/C21H22ClNO7/c1-12(19(25)13-5-7-15(22)8-6-13)30-18(24)11-23-21(26)14-9-16(27-2)20(29-4)17(10-14)28-3/h5-10,12H,11H2,1-4H3,(H,23,26). The van der Waals surface area contributed by atoms with Crippen LogP contribution in [0.1, 0.15) is 27.6 Å². The average molecular weight is 436 g/mol. The van der Waals surface area contributed by atoms with Crippen LogP contribution in [0.2, 0.25) is 5.02 Å². The highest BCUT2D eigenvalue weighted by Gasteiger charge is 2.21. The summed E-state index contributed by atoms with van der Waals surface area (Å²) in [6.45, 7) is 1.03. The molecule has 0 saturated carbocycles. The molecular formula is C21H22ClNO7. The van der Waals surface area contributed by atoms with E-state index in [2.05, 4.69) is 5.32 Å². The molecule has 0 fully saturated rings. The zero-order valence-electron chi connectivity index (χ0n) is 17.0. The van der Waals surface area contributed by atoms with E-state index in [4.69, 9.17) is 30.5 Å². The molecule has 2 aromatic carbocycles. The van der Waals surface area contributed by atoms with E-state index >= 15 is 0 Å². The Morgan fingerprint density at radius 2 is 1.50 bits per heavy atom. The van der Waals surface area contributed by atoms with E-state index < -0.39 is 24.5 Å². The summed E-state index contributed by atoms with van der Waals surface area (Å²) in [6, 6.07) is 9.13. The number of hydrogen-bond acceptors (Lipinski definition) is 7. The maximum absolute atomic E-state index is 12.4. The molecule has 160 valence electrons. The quantitative estimate of drug-likeness (QED) is 0.477. The largest absolute Gasteiger partial charge is 0.493 e. The molecule has 0 spiro atoms. The van der Waals surface area contributed by atoms with Gasteiger partial charge in [-0.3, -0.25) is 14.4 Å². The van der Waals surface area contributed by atoms with Crippen molar-refractivity contribution in [1.82, 2.24) is 5.32 Å². The number of methoxy groups -OCH3 is 3. The number of esters is 1. The average Bonchev–Trinajstić information content (AvgIpc) is 2.76. The van der Waals surface area contributed by atoms with Crippen molar-refractivity contribution in [2.24, 2.45) is 0 Å². The first-order chi connectivity index (χ1) is 14.3. The molecule has 30 heavy (non-hydrogen) atoms. The second-order valence-electron chi connectivity index (χ2n) is 6.10. The summed E-state index contributed by atoms with van der Waals surface area (Å²) >= 11 is 5.80. The lowest BCUT2D eigenvalue weighted by molar-refractivity contribution is -0.145. The van der Waals surface area contributed by atoms with Crippen molar-refractivity contribution >= 4 is 29.3 Å². The van der Waals surface area contributed by atoms with Crippen LogP contribution in [0.25, 0.3) is 0 Å². The second kappa shape index (κ2) is 10.5. The minimum absolute atomic E-state index is 0.197. The molecule has 2 aromatic rings. The SMILES string of the molecule is COc1cc(C(=O)NCC(=O)OC(C)C(=O)c2ccc(Cl)cc2)cc(OC)c1OC. The Morgan fingerprint density at radius 1 is 0.933 bits per heavy atom. The minimum Gasteiger partial charge on any atom is -0.493 e. The van der Waals surface area contributed by atoms with E-state index in [1.165, 1.54) is 40.4 Å². The molecule has 0 aliphatic carbocycles. The van der Waals surface area contributed by atoms with Crippen LogP contribution in [0.3, 0.4) is 0 Å². The molecule has 1 amide bonds. The first-order valence-corrected chi connectivity index (χ1v) is 9.26. The van der Waals surface area contributed by atoms with Gasteiger partial charge in [0.05, 0.1) is 21.3 Å². The summed E-state index contributed by atoms with van der Waals surface area (Å²) < 4.78 is 20.7. The van der Waals surface area contributed by atoms with E-state index in [1.807, 2.05) is 0 Å². The van der Waals surface area contributed by atoms with E-state index in [9.17, 15) is 14.4 Å². The molecule has 1 N–H and O–H groups in total. The van der Waals surface area contributed by atoms with Crippen molar-refractivity contribution < 1.29 is 33.3 Å². The number of halogens is 1. The van der Waals surface area contributed by atoms with Crippen molar-refractivity contribution in [2.75, 3.05) is 27.9 Å². The summed E-state index contributed by atoms with van der Waals surface area (Å²) in [4.78, 5) is 36.8. The number of nitrogens with one attached hydrogen (secondary N) is 1. The van der Waals surface area contributed by atoms with Crippen LogP contribution in [-0.4, -0.2) is 51.6 Å². The Morgan fingerprint density at radius 3 is 2.00 bits per heavy atom. The van der Waals surface area contributed by atoms with Gasteiger partial charge in [-0.2, -0.15) is 0 Å². The van der Waals surface area contributed by atoms with E-state index in [0.29, 0.717) is 27.8 Å². The molecule has 1 unspecified atom stereocenters. The molecule has 8 nitrogen and oxygen atoms in total. The van der Waals surface area contributed by atoms with Crippen LogP contribution in [0.15, 0.2) is 36.4 Å². The third-order valence-electron chi connectivity index (χ3n) is 4.13. The zero-order chi connectivity index (χ0) is 22.3. The molecule has 0 aromatic heterocycles. The maximum atomic E-state index is 12.4. The number of rotatable bonds is 9. The molecule has 1 atom stereocenters. The molecule has 0 aliphatic rings. The summed E-state index contributed by atoms with van der Waals surface area (Å²) in [7, 11) is 4.30. The maximum Gasteiger partial charge on any atom is 0.326 e. The van der Waals surface area contributed by atoms with Gasteiger partial charge in [0.25, 0.3) is 5.91 Å². The van der Waals surface area contributed by atoms with Gasteiger partial charge in [-0.25, -0.2) is 0 Å². The Hall–Kier alpha value is -3.26. The van der Waals surface area contributed by atoms with Crippen molar-refractivity contribution in [3.63, 3.8) is 0 Å². The van der Waals surface area contributed by atoms with Gasteiger partial charge in [-0.1, -0.05) is 11.6 Å². The lowest BCUT2D eigenvalue weighted by atomic mass is 10.1. The minimum atomic E-state index is -1.02. The third kappa shape index (κ3) is 5.64. The van der Waals surface area contributed by atoms with Gasteiger partial charge < -0.3 is 24.3 Å². The van der Waals surface area contributed by atoms with Crippen molar-refractivity contribution in [2.45, 2.75) is 13.0 Å². The molecule has 9 heteroatoms. The number of hydrogen-bond donors (Lipinski definition) is 1. The van der Waals surface area contributed by atoms with Crippen LogP contribution in [0.5, 0.6) is 17.2 Å². The van der Waals surface area contributed by atoms with Crippen LogP contribution in [0, 0.1) is 0 Å². The number of ketones is 1. The van der Waals surface area contributed by atoms with E-state index in [1.54, 1.807) is 24.3 Å². The van der Waals surface area contributed by atoms with Gasteiger partial charge in [0, 0.05) is 16.1 Å². The van der Waals surface area contributed by atoms with E-state index in [0.717, 1.165) is 0 Å². The van der Waals surface area contributed by atoms with Gasteiger partial charge in [-0.15, -0.1) is 0 Å². The van der Waals surface area contributed by atoms with E-state index in [-0.39, 0.29) is 11.3 Å². The van der Waals surface area contributed by atoms with Gasteiger partial charge in [-0.05, 0) is 43.3 Å². The molecule has 0 aliphatic heterocycles. The number of benzene rings is 2. The van der Waals surface area contributed by atoms with Gasteiger partial charge >= 0.3 is 5.97 Å². The molecule has 0 saturated heterocycles. The molecule has 0 bridgehead atoms. The monoisotopic (exact) mass is 435 g/mol. The van der Waals surface area contributed by atoms with Gasteiger partial charge in [0.2, 0.25) is 11.5 Å². The second-order valence-corrected chi connectivity index (χ2v) is 6.54. The smallest absolute Gasteiger partial charge is 0.326 e. The fourth-order valence-electron chi connectivity index (χ4n) is 2.61. The Bertz CT molecular complexity index is 902. The fourth-order valence-corrected chi connectivity index (χ4v) is 2.73. The predicted molar refractivity (Wildman–Crippen MR) is 110 cm³/mol. The molecule has 0 heterocycles. The first-order valence-electron chi connectivity index (χ1n) is 8.88. The third-order valence-corrected chi connectivity index (χ3v) is 4.38. The van der Waals surface area contributed by atoms with Crippen LogP contribution < -0.4 is 19.5 Å². The highest BCUT2D eigenvalue weighted by atomic mass is 35.5. The normalized spacial score (nSPS) is 11.2. The summed E-state index contributed by atoms with van der Waals surface area (Å²) in [5, 5.41) is 2.93. The number of ether oxygens (including phenoxy) is 4. The van der Waals surface area contributed by atoms with Crippen LogP contribution >= 0.6 is 11.6 Å².